The lowest BCUT2D eigenvalue weighted by atomic mass is 10.1. The molecular formula is C13H20N2O2. The van der Waals surface area contributed by atoms with E-state index in [9.17, 15) is 9.90 Å². The van der Waals surface area contributed by atoms with Crippen molar-refractivity contribution in [2.75, 3.05) is 26.0 Å². The number of aliphatic hydroxyl groups is 1. The zero-order chi connectivity index (χ0) is 13.0. The Morgan fingerprint density at radius 1 is 1.53 bits per heavy atom. The van der Waals surface area contributed by atoms with E-state index in [1.165, 1.54) is 4.90 Å². The molecule has 1 amide bonds. The van der Waals surface area contributed by atoms with Crippen LogP contribution in [0.1, 0.15) is 22.8 Å². The summed E-state index contributed by atoms with van der Waals surface area (Å²) in [7, 11) is 3.54. The van der Waals surface area contributed by atoms with E-state index < -0.39 is 6.10 Å². The van der Waals surface area contributed by atoms with Crippen LogP contribution < -0.4 is 5.32 Å². The van der Waals surface area contributed by atoms with Crippen LogP contribution in [0.15, 0.2) is 18.2 Å². The molecule has 1 aromatic carbocycles. The van der Waals surface area contributed by atoms with Crippen molar-refractivity contribution in [3.05, 3.63) is 29.3 Å². The molecule has 17 heavy (non-hydrogen) atoms. The monoisotopic (exact) mass is 236 g/mol. The minimum Gasteiger partial charge on any atom is -0.392 e. The van der Waals surface area contributed by atoms with Gasteiger partial charge in [0.05, 0.1) is 6.10 Å². The first kappa shape index (κ1) is 13.5. The van der Waals surface area contributed by atoms with Crippen LogP contribution in [0.3, 0.4) is 0 Å². The van der Waals surface area contributed by atoms with Gasteiger partial charge in [0.2, 0.25) is 0 Å². The standard InChI is InChI=1S/C13H20N2O2/c1-9-7-11(5-6-12(9)14-3)13(17)15(4)8-10(2)16/h5-7,10,14,16H,8H2,1-4H3. The van der Waals surface area contributed by atoms with Crippen molar-refractivity contribution in [1.29, 1.82) is 0 Å². The normalized spacial score (nSPS) is 12.1. The lowest BCUT2D eigenvalue weighted by molar-refractivity contribution is 0.0703. The Hall–Kier alpha value is -1.55. The Morgan fingerprint density at radius 3 is 2.65 bits per heavy atom. The molecule has 0 bridgehead atoms. The molecular weight excluding hydrogens is 216 g/mol. The number of aryl methyl sites for hydroxylation is 1. The molecule has 0 aromatic heterocycles. The molecule has 94 valence electrons. The van der Waals surface area contributed by atoms with Gasteiger partial charge < -0.3 is 15.3 Å². The number of nitrogens with zero attached hydrogens (tertiary/aromatic N) is 1. The Labute approximate surface area is 102 Å². The van der Waals surface area contributed by atoms with Crippen molar-refractivity contribution in [2.24, 2.45) is 0 Å². The molecule has 0 heterocycles. The first-order valence-electron chi connectivity index (χ1n) is 5.67. The highest BCUT2D eigenvalue weighted by Crippen LogP contribution is 2.16. The zero-order valence-electron chi connectivity index (χ0n) is 10.8. The van der Waals surface area contributed by atoms with E-state index in [1.54, 1.807) is 20.0 Å². The van der Waals surface area contributed by atoms with Gasteiger partial charge in [0.1, 0.15) is 0 Å². The molecule has 0 saturated heterocycles. The zero-order valence-corrected chi connectivity index (χ0v) is 10.8. The number of nitrogens with one attached hydrogen (secondary N) is 1. The van der Waals surface area contributed by atoms with Gasteiger partial charge in [-0.1, -0.05) is 0 Å². The molecule has 0 aliphatic rings. The summed E-state index contributed by atoms with van der Waals surface area (Å²) in [6, 6.07) is 5.53. The maximum absolute atomic E-state index is 12.0. The highest BCUT2D eigenvalue weighted by molar-refractivity contribution is 5.94. The van der Waals surface area contributed by atoms with Crippen molar-refractivity contribution in [3.63, 3.8) is 0 Å². The van der Waals surface area contributed by atoms with Crippen LogP contribution in [-0.4, -0.2) is 42.7 Å². The third-order valence-corrected chi connectivity index (χ3v) is 2.63. The molecule has 1 rings (SSSR count). The number of amides is 1. The summed E-state index contributed by atoms with van der Waals surface area (Å²) >= 11 is 0. The molecule has 0 spiro atoms. The first-order valence-corrected chi connectivity index (χ1v) is 5.67. The summed E-state index contributed by atoms with van der Waals surface area (Å²) in [5.74, 6) is -0.0725. The number of hydrogen-bond acceptors (Lipinski definition) is 3. The van der Waals surface area contributed by atoms with Gasteiger partial charge in [-0.2, -0.15) is 0 Å². The van der Waals surface area contributed by atoms with E-state index in [2.05, 4.69) is 5.32 Å². The number of rotatable bonds is 4. The molecule has 2 N–H and O–H groups in total. The highest BCUT2D eigenvalue weighted by atomic mass is 16.3. The summed E-state index contributed by atoms with van der Waals surface area (Å²) < 4.78 is 0. The van der Waals surface area contributed by atoms with E-state index in [0.29, 0.717) is 12.1 Å². The van der Waals surface area contributed by atoms with Crippen molar-refractivity contribution in [2.45, 2.75) is 20.0 Å². The third kappa shape index (κ3) is 3.46. The maximum Gasteiger partial charge on any atom is 0.253 e. The second kappa shape index (κ2) is 5.68. The minimum absolute atomic E-state index is 0.0725. The predicted octanol–water partition coefficient (Wildman–Crippen LogP) is 1.49. The quantitative estimate of drug-likeness (QED) is 0.832. The molecule has 0 aliphatic heterocycles. The van der Waals surface area contributed by atoms with Crippen LogP contribution in [0.5, 0.6) is 0 Å². The number of likely N-dealkylation sites (N-methyl/N-ethyl adjacent to an activating group) is 1. The van der Waals surface area contributed by atoms with Crippen molar-refractivity contribution in [1.82, 2.24) is 4.90 Å². The van der Waals surface area contributed by atoms with Crippen LogP contribution in [0, 0.1) is 6.92 Å². The fraction of sp³-hybridized carbons (Fsp3) is 0.462. The third-order valence-electron chi connectivity index (χ3n) is 2.63. The van der Waals surface area contributed by atoms with Gasteiger partial charge in [-0.15, -0.1) is 0 Å². The first-order chi connectivity index (χ1) is 7.95. The van der Waals surface area contributed by atoms with Gasteiger partial charge in [0.25, 0.3) is 5.91 Å². The van der Waals surface area contributed by atoms with E-state index in [4.69, 9.17) is 0 Å². The van der Waals surface area contributed by atoms with E-state index >= 15 is 0 Å². The maximum atomic E-state index is 12.0. The summed E-state index contributed by atoms with van der Waals surface area (Å²) in [6.07, 6.45) is -0.512. The van der Waals surface area contributed by atoms with Gasteiger partial charge in [-0.25, -0.2) is 0 Å². The van der Waals surface area contributed by atoms with Crippen LogP contribution in [-0.2, 0) is 0 Å². The van der Waals surface area contributed by atoms with Gasteiger partial charge in [0.15, 0.2) is 0 Å². The van der Waals surface area contributed by atoms with Crippen molar-refractivity contribution in [3.8, 4) is 0 Å². The fourth-order valence-corrected chi connectivity index (χ4v) is 1.78. The molecule has 0 radical (unpaired) electrons. The average molecular weight is 236 g/mol. The SMILES string of the molecule is CNc1ccc(C(=O)N(C)CC(C)O)cc1C. The minimum atomic E-state index is -0.512. The van der Waals surface area contributed by atoms with Crippen LogP contribution in [0.4, 0.5) is 5.69 Å². The Morgan fingerprint density at radius 2 is 2.18 bits per heavy atom. The summed E-state index contributed by atoms with van der Waals surface area (Å²) in [6.45, 7) is 3.96. The van der Waals surface area contributed by atoms with Crippen LogP contribution in [0.2, 0.25) is 0 Å². The van der Waals surface area contributed by atoms with Gasteiger partial charge >= 0.3 is 0 Å². The molecule has 1 unspecified atom stereocenters. The lowest BCUT2D eigenvalue weighted by Crippen LogP contribution is -2.33. The second-order valence-electron chi connectivity index (χ2n) is 4.31. The molecule has 4 nitrogen and oxygen atoms in total. The molecule has 0 fully saturated rings. The lowest BCUT2D eigenvalue weighted by Gasteiger charge is -2.19. The fourth-order valence-electron chi connectivity index (χ4n) is 1.78. The predicted molar refractivity (Wildman–Crippen MR) is 69.4 cm³/mol. The topological polar surface area (TPSA) is 52.6 Å². The van der Waals surface area contributed by atoms with E-state index in [-0.39, 0.29) is 5.91 Å². The van der Waals surface area contributed by atoms with E-state index in [0.717, 1.165) is 11.3 Å². The average Bonchev–Trinajstić information content (AvgIpc) is 2.27. The van der Waals surface area contributed by atoms with Crippen molar-refractivity contribution < 1.29 is 9.90 Å². The number of carbonyl (C=O) groups excluding carboxylic acids is 1. The number of hydrogen-bond donors (Lipinski definition) is 2. The Bertz CT molecular complexity index is 402. The van der Waals surface area contributed by atoms with Gasteiger partial charge in [-0.3, -0.25) is 4.79 Å². The molecule has 0 saturated carbocycles. The highest BCUT2D eigenvalue weighted by Gasteiger charge is 2.13. The van der Waals surface area contributed by atoms with Crippen molar-refractivity contribution >= 4 is 11.6 Å². The van der Waals surface area contributed by atoms with Gasteiger partial charge in [-0.05, 0) is 37.6 Å². The number of carbonyl (C=O) groups is 1. The molecule has 1 aromatic rings. The van der Waals surface area contributed by atoms with Crippen LogP contribution in [0.25, 0.3) is 0 Å². The van der Waals surface area contributed by atoms with E-state index in [1.807, 2.05) is 26.1 Å². The molecule has 1 atom stereocenters. The molecule has 4 heteroatoms. The summed E-state index contributed by atoms with van der Waals surface area (Å²) in [4.78, 5) is 13.6. The number of benzene rings is 1. The Balaban J connectivity index is 2.86. The smallest absolute Gasteiger partial charge is 0.253 e. The van der Waals surface area contributed by atoms with Crippen LogP contribution >= 0.6 is 0 Å². The molecule has 0 aliphatic carbocycles. The summed E-state index contributed by atoms with van der Waals surface area (Å²) in [5.41, 5.74) is 2.69. The Kier molecular flexibility index (Phi) is 4.52. The number of aliphatic hydroxyl groups excluding tert-OH is 1. The number of anilines is 1. The van der Waals surface area contributed by atoms with Gasteiger partial charge in [0, 0.05) is 31.9 Å². The second-order valence-corrected chi connectivity index (χ2v) is 4.31. The largest absolute Gasteiger partial charge is 0.392 e. The summed E-state index contributed by atoms with van der Waals surface area (Å²) in [5, 5.41) is 12.3.